The molecule has 1 amide bonds. The maximum atomic E-state index is 11.5. The van der Waals surface area contributed by atoms with E-state index in [0.717, 1.165) is 25.2 Å². The van der Waals surface area contributed by atoms with Crippen molar-refractivity contribution in [3.63, 3.8) is 0 Å². The molecular weight excluding hydrogens is 238 g/mol. The van der Waals surface area contributed by atoms with Crippen molar-refractivity contribution in [2.24, 2.45) is 0 Å². The molecule has 0 spiro atoms. The number of anilines is 1. The van der Waals surface area contributed by atoms with Gasteiger partial charge in [-0.05, 0) is 13.8 Å². The highest BCUT2D eigenvalue weighted by atomic mass is 32.1. The molecule has 1 aromatic heterocycles. The minimum absolute atomic E-state index is 0.0643. The Labute approximate surface area is 105 Å². The van der Waals surface area contributed by atoms with Crippen molar-refractivity contribution in [2.45, 2.75) is 32.9 Å². The number of hydrogen-bond acceptors (Lipinski definition) is 5. The zero-order valence-electron chi connectivity index (χ0n) is 10.1. The van der Waals surface area contributed by atoms with Crippen LogP contribution in [0.1, 0.15) is 24.4 Å². The van der Waals surface area contributed by atoms with Crippen LogP contribution in [0.5, 0.6) is 0 Å². The Kier molecular flexibility index (Phi) is 4.09. The second-order valence-electron chi connectivity index (χ2n) is 4.22. The summed E-state index contributed by atoms with van der Waals surface area (Å²) in [5.74, 6) is -0.141. The second-order valence-corrected chi connectivity index (χ2v) is 5.31. The van der Waals surface area contributed by atoms with Crippen LogP contribution < -0.4 is 10.6 Å². The highest BCUT2D eigenvalue weighted by Gasteiger charge is 2.15. The molecule has 0 unspecified atom stereocenters. The summed E-state index contributed by atoms with van der Waals surface area (Å²) in [6, 6.07) is 0. The van der Waals surface area contributed by atoms with Crippen molar-refractivity contribution < 1.29 is 9.53 Å². The Morgan fingerprint density at radius 1 is 1.65 bits per heavy atom. The van der Waals surface area contributed by atoms with Crippen LogP contribution in [0.3, 0.4) is 0 Å². The molecule has 2 N–H and O–H groups in total. The predicted molar refractivity (Wildman–Crippen MR) is 67.2 cm³/mol. The van der Waals surface area contributed by atoms with Gasteiger partial charge < -0.3 is 10.1 Å². The highest BCUT2D eigenvalue weighted by molar-refractivity contribution is 7.15. The summed E-state index contributed by atoms with van der Waals surface area (Å²) in [5, 5.41) is 6.73. The van der Waals surface area contributed by atoms with Crippen molar-refractivity contribution in [2.75, 3.05) is 18.5 Å². The van der Waals surface area contributed by atoms with E-state index in [4.69, 9.17) is 4.74 Å². The van der Waals surface area contributed by atoms with Crippen LogP contribution in [0.4, 0.5) is 5.13 Å². The van der Waals surface area contributed by atoms with Gasteiger partial charge in [0.25, 0.3) is 5.91 Å². The summed E-state index contributed by atoms with van der Waals surface area (Å²) in [4.78, 5) is 17.2. The molecule has 0 saturated carbocycles. The van der Waals surface area contributed by atoms with Crippen LogP contribution in [0, 0.1) is 0 Å². The van der Waals surface area contributed by atoms with Crippen LogP contribution in [-0.4, -0.2) is 30.1 Å². The van der Waals surface area contributed by atoms with Crippen LogP contribution in [0.25, 0.3) is 0 Å². The number of nitrogens with one attached hydrogen (secondary N) is 2. The van der Waals surface area contributed by atoms with E-state index in [9.17, 15) is 4.79 Å². The third kappa shape index (κ3) is 3.49. The van der Waals surface area contributed by atoms with Gasteiger partial charge in [-0.25, -0.2) is 4.98 Å². The molecule has 1 aliphatic rings. The Morgan fingerprint density at radius 3 is 3.18 bits per heavy atom. The largest absolute Gasteiger partial charge is 0.369 e. The minimum atomic E-state index is -0.141. The molecule has 17 heavy (non-hydrogen) atoms. The van der Waals surface area contributed by atoms with Gasteiger partial charge >= 0.3 is 0 Å². The average molecular weight is 255 g/mol. The van der Waals surface area contributed by atoms with E-state index in [1.807, 2.05) is 13.8 Å². The molecule has 6 heteroatoms. The number of nitrogens with zero attached hydrogens (tertiary/aromatic N) is 1. The first-order valence-corrected chi connectivity index (χ1v) is 6.57. The lowest BCUT2D eigenvalue weighted by Gasteiger charge is -2.09. The third-order valence-electron chi connectivity index (χ3n) is 2.40. The monoisotopic (exact) mass is 255 g/mol. The van der Waals surface area contributed by atoms with E-state index in [2.05, 4.69) is 15.6 Å². The van der Waals surface area contributed by atoms with E-state index in [-0.39, 0.29) is 18.6 Å². The molecule has 0 fully saturated rings. The lowest BCUT2D eigenvalue weighted by molar-refractivity contribution is -0.121. The van der Waals surface area contributed by atoms with Gasteiger partial charge in [0.05, 0.1) is 11.8 Å². The van der Waals surface area contributed by atoms with Crippen molar-refractivity contribution >= 4 is 22.4 Å². The summed E-state index contributed by atoms with van der Waals surface area (Å²) in [5.41, 5.74) is 1.11. The van der Waals surface area contributed by atoms with Gasteiger partial charge in [-0.2, -0.15) is 0 Å². The average Bonchev–Trinajstić information content (AvgIpc) is 2.68. The number of carbonyl (C=O) groups is 1. The van der Waals surface area contributed by atoms with Gasteiger partial charge in [0, 0.05) is 24.4 Å². The molecular formula is C11H17N3O2S. The number of rotatable bonds is 4. The van der Waals surface area contributed by atoms with E-state index in [1.54, 1.807) is 0 Å². The smallest absolute Gasteiger partial charge is 0.252 e. The number of thiazole rings is 1. The van der Waals surface area contributed by atoms with Crippen molar-refractivity contribution in [1.29, 1.82) is 0 Å². The number of hydrogen-bond donors (Lipinski definition) is 2. The maximum absolute atomic E-state index is 11.5. The van der Waals surface area contributed by atoms with Crippen LogP contribution in [0.15, 0.2) is 0 Å². The normalized spacial score (nSPS) is 14.8. The second kappa shape index (κ2) is 5.57. The SMILES string of the molecule is CC(C)OCC(=O)Nc1nc2c(s1)CNCC2. The van der Waals surface area contributed by atoms with Gasteiger partial charge in [0.1, 0.15) is 6.61 Å². The van der Waals surface area contributed by atoms with E-state index >= 15 is 0 Å². The number of fused-ring (bicyclic) bond motifs is 1. The predicted octanol–water partition coefficient (Wildman–Crippen LogP) is 1.15. The summed E-state index contributed by atoms with van der Waals surface area (Å²) < 4.78 is 5.23. The molecule has 1 aliphatic heterocycles. The molecule has 1 aromatic rings. The third-order valence-corrected chi connectivity index (χ3v) is 3.41. The molecule has 2 heterocycles. The lowest BCUT2D eigenvalue weighted by Crippen LogP contribution is -2.22. The first-order chi connectivity index (χ1) is 8.15. The molecule has 0 aromatic carbocycles. The van der Waals surface area contributed by atoms with Crippen LogP contribution in [0.2, 0.25) is 0 Å². The van der Waals surface area contributed by atoms with Crippen LogP contribution >= 0.6 is 11.3 Å². The molecule has 0 radical (unpaired) electrons. The molecule has 0 aliphatic carbocycles. The molecule has 94 valence electrons. The maximum Gasteiger partial charge on any atom is 0.252 e. The molecule has 0 bridgehead atoms. The summed E-state index contributed by atoms with van der Waals surface area (Å²) in [6.07, 6.45) is 0.999. The van der Waals surface area contributed by atoms with E-state index < -0.39 is 0 Å². The highest BCUT2D eigenvalue weighted by Crippen LogP contribution is 2.25. The molecule has 5 nitrogen and oxygen atoms in total. The van der Waals surface area contributed by atoms with Gasteiger partial charge in [0.15, 0.2) is 5.13 Å². The number of aromatic nitrogens is 1. The van der Waals surface area contributed by atoms with E-state index in [1.165, 1.54) is 16.2 Å². The molecule has 0 atom stereocenters. The summed E-state index contributed by atoms with van der Waals surface area (Å²) >= 11 is 1.54. The molecule has 2 rings (SSSR count). The number of carbonyl (C=O) groups excluding carboxylic acids is 1. The van der Waals surface area contributed by atoms with Gasteiger partial charge in [-0.1, -0.05) is 0 Å². The first-order valence-electron chi connectivity index (χ1n) is 5.76. The van der Waals surface area contributed by atoms with Crippen LogP contribution in [-0.2, 0) is 22.5 Å². The minimum Gasteiger partial charge on any atom is -0.369 e. The fourth-order valence-electron chi connectivity index (χ4n) is 1.58. The van der Waals surface area contributed by atoms with E-state index in [0.29, 0.717) is 5.13 Å². The summed E-state index contributed by atoms with van der Waals surface area (Å²) in [6.45, 7) is 5.70. The van der Waals surface area contributed by atoms with Gasteiger partial charge in [-0.3, -0.25) is 10.1 Å². The zero-order valence-corrected chi connectivity index (χ0v) is 10.9. The summed E-state index contributed by atoms with van der Waals surface area (Å²) in [7, 11) is 0. The Balaban J connectivity index is 1.90. The van der Waals surface area contributed by atoms with Crippen molar-refractivity contribution in [3.05, 3.63) is 10.6 Å². The number of amides is 1. The fourth-order valence-corrected chi connectivity index (χ4v) is 2.57. The first kappa shape index (κ1) is 12.5. The van der Waals surface area contributed by atoms with Gasteiger partial charge in [-0.15, -0.1) is 11.3 Å². The molecule has 0 saturated heterocycles. The standard InChI is InChI=1S/C11H17N3O2S/c1-7(2)16-6-10(15)14-11-13-8-3-4-12-5-9(8)17-11/h7,12H,3-6H2,1-2H3,(H,13,14,15). The Hall–Kier alpha value is -0.980. The number of ether oxygens (including phenoxy) is 1. The van der Waals surface area contributed by atoms with Crippen molar-refractivity contribution in [1.82, 2.24) is 10.3 Å². The zero-order chi connectivity index (χ0) is 12.3. The fraction of sp³-hybridized carbons (Fsp3) is 0.636. The van der Waals surface area contributed by atoms with Crippen molar-refractivity contribution in [3.8, 4) is 0 Å². The quantitative estimate of drug-likeness (QED) is 0.847. The Morgan fingerprint density at radius 2 is 2.47 bits per heavy atom. The van der Waals surface area contributed by atoms with Gasteiger partial charge in [0.2, 0.25) is 0 Å². The Bertz CT molecular complexity index is 380. The lowest BCUT2D eigenvalue weighted by atomic mass is 10.2. The topological polar surface area (TPSA) is 63.2 Å².